The van der Waals surface area contributed by atoms with Crippen molar-refractivity contribution in [3.8, 4) is 0 Å². The maximum atomic E-state index is 13.5. The number of nitrogens with zero attached hydrogens (tertiary/aromatic N) is 1. The Morgan fingerprint density at radius 1 is 1.03 bits per heavy atom. The smallest absolute Gasteiger partial charge is 0.243 e. The molecule has 2 aliphatic heterocycles. The van der Waals surface area contributed by atoms with Crippen LogP contribution < -0.4 is 0 Å². The van der Waals surface area contributed by atoms with Crippen molar-refractivity contribution in [2.24, 2.45) is 0 Å². The highest BCUT2D eigenvalue weighted by atomic mass is 32.2. The third-order valence-electron chi connectivity index (χ3n) is 6.39. The molecular weight excluding hydrogens is 414 g/mol. The average Bonchev–Trinajstić information content (AvgIpc) is 3.31. The highest BCUT2D eigenvalue weighted by molar-refractivity contribution is 7.89. The first-order chi connectivity index (χ1) is 14.8. The van der Waals surface area contributed by atoms with Crippen LogP contribution in [0.4, 0.5) is 0 Å². The van der Waals surface area contributed by atoms with Crippen molar-refractivity contribution in [3.05, 3.63) is 65.7 Å². The molecule has 2 heterocycles. The minimum Gasteiger partial charge on any atom is -0.343 e. The summed E-state index contributed by atoms with van der Waals surface area (Å²) >= 11 is 0. The summed E-state index contributed by atoms with van der Waals surface area (Å²) < 4.78 is 41.0. The van der Waals surface area contributed by atoms with Crippen LogP contribution in [0, 0.1) is 6.92 Å². The molecule has 7 heteroatoms. The molecule has 0 aromatic heterocycles. The van der Waals surface area contributed by atoms with E-state index in [0.717, 1.165) is 5.56 Å². The number of benzene rings is 2. The summed E-state index contributed by atoms with van der Waals surface area (Å²) in [6.45, 7) is 6.08. The van der Waals surface area contributed by atoms with Crippen molar-refractivity contribution in [1.82, 2.24) is 4.31 Å². The van der Waals surface area contributed by atoms with Crippen LogP contribution in [0.2, 0.25) is 0 Å². The fourth-order valence-electron chi connectivity index (χ4n) is 4.49. The number of carbonyl (C=O) groups excluding carboxylic acids is 1. The van der Waals surface area contributed by atoms with E-state index < -0.39 is 34.1 Å². The molecule has 2 saturated heterocycles. The van der Waals surface area contributed by atoms with Gasteiger partial charge in [0.15, 0.2) is 11.6 Å². The summed E-state index contributed by atoms with van der Waals surface area (Å²) in [6, 6.07) is 15.1. The van der Waals surface area contributed by atoms with Crippen LogP contribution in [0.3, 0.4) is 0 Å². The summed E-state index contributed by atoms with van der Waals surface area (Å²) in [4.78, 5) is 13.2. The van der Waals surface area contributed by atoms with E-state index in [4.69, 9.17) is 9.47 Å². The number of ketones is 1. The van der Waals surface area contributed by atoms with E-state index in [2.05, 4.69) is 0 Å². The van der Waals surface area contributed by atoms with Gasteiger partial charge in [0.1, 0.15) is 12.2 Å². The minimum absolute atomic E-state index is 0.0448. The molecule has 0 unspecified atom stereocenters. The maximum Gasteiger partial charge on any atom is 0.243 e. The van der Waals surface area contributed by atoms with Crippen molar-refractivity contribution < 1.29 is 22.7 Å². The summed E-state index contributed by atoms with van der Waals surface area (Å²) in [7, 11) is -3.80. The summed E-state index contributed by atoms with van der Waals surface area (Å²) in [5.41, 5.74) is 1.55. The van der Waals surface area contributed by atoms with Crippen LogP contribution in [0.15, 0.2) is 59.5 Å². The molecule has 6 nitrogen and oxygen atoms in total. The third-order valence-corrected chi connectivity index (χ3v) is 8.29. The van der Waals surface area contributed by atoms with Crippen molar-refractivity contribution in [2.45, 2.75) is 69.0 Å². The Hall–Kier alpha value is -2.06. The molecule has 3 atom stereocenters. The Balaban J connectivity index is 1.67. The van der Waals surface area contributed by atoms with E-state index in [1.807, 2.05) is 26.8 Å². The minimum atomic E-state index is -3.80. The van der Waals surface area contributed by atoms with Crippen LogP contribution in [-0.4, -0.2) is 49.1 Å². The molecule has 0 N–H and O–H groups in total. The van der Waals surface area contributed by atoms with Gasteiger partial charge < -0.3 is 9.47 Å². The predicted octanol–water partition coefficient (Wildman–Crippen LogP) is 3.94. The standard InChI is InChI=1S/C24H29NO5S/c1-4-24(5-2)29-22-16-25(31(27,28)19-13-11-17(3)12-14-19)20(23(22)30-24)15-21(26)18-9-7-6-8-10-18/h6-14,20,22-23H,4-5,15-16H2,1-3H3/t20-,22+,23-/m0/s1. The lowest BCUT2D eigenvalue weighted by atomic mass is 10.0. The SMILES string of the molecule is CCC1(CC)O[C@@H]2[C@@H](CN(S(=O)(=O)c3ccc(C)cc3)[C@H]2CC(=O)c2ccccc2)O1. The summed E-state index contributed by atoms with van der Waals surface area (Å²) in [5, 5.41) is 0. The molecular formula is C24H29NO5S. The zero-order chi connectivity index (χ0) is 22.2. The van der Waals surface area contributed by atoms with Crippen molar-refractivity contribution >= 4 is 15.8 Å². The van der Waals surface area contributed by atoms with Gasteiger partial charge in [-0.15, -0.1) is 0 Å². The molecule has 0 saturated carbocycles. The van der Waals surface area contributed by atoms with Crippen LogP contribution in [0.1, 0.15) is 49.0 Å². The van der Waals surface area contributed by atoms with E-state index in [9.17, 15) is 13.2 Å². The van der Waals surface area contributed by atoms with E-state index in [0.29, 0.717) is 18.4 Å². The molecule has 2 aliphatic rings. The predicted molar refractivity (Wildman–Crippen MR) is 117 cm³/mol. The second-order valence-corrected chi connectivity index (χ2v) is 10.2. The number of rotatable bonds is 7. The quantitative estimate of drug-likeness (QED) is 0.606. The highest BCUT2D eigenvalue weighted by Gasteiger charge is 2.57. The number of hydrogen-bond acceptors (Lipinski definition) is 5. The molecule has 4 rings (SSSR count). The molecule has 31 heavy (non-hydrogen) atoms. The molecule has 2 aromatic rings. The monoisotopic (exact) mass is 443 g/mol. The molecule has 0 amide bonds. The molecule has 0 radical (unpaired) electrons. The Morgan fingerprint density at radius 3 is 2.29 bits per heavy atom. The van der Waals surface area contributed by atoms with Crippen LogP contribution in [0.5, 0.6) is 0 Å². The Kier molecular flexibility index (Phi) is 6.05. The average molecular weight is 444 g/mol. The van der Waals surface area contributed by atoms with Gasteiger partial charge in [-0.2, -0.15) is 4.31 Å². The lowest BCUT2D eigenvalue weighted by Gasteiger charge is -2.31. The van der Waals surface area contributed by atoms with Gasteiger partial charge in [0.05, 0.1) is 10.9 Å². The Morgan fingerprint density at radius 2 is 1.68 bits per heavy atom. The van der Waals surface area contributed by atoms with Crippen molar-refractivity contribution in [3.63, 3.8) is 0 Å². The van der Waals surface area contributed by atoms with Gasteiger partial charge in [-0.3, -0.25) is 4.79 Å². The first-order valence-electron chi connectivity index (χ1n) is 10.8. The second kappa shape index (κ2) is 8.47. The van der Waals surface area contributed by atoms with E-state index >= 15 is 0 Å². The molecule has 0 spiro atoms. The fourth-order valence-corrected chi connectivity index (χ4v) is 6.14. The number of hydrogen-bond donors (Lipinski definition) is 0. The molecule has 2 fully saturated rings. The Labute approximate surface area is 184 Å². The lowest BCUT2D eigenvalue weighted by Crippen LogP contribution is -2.44. The number of aryl methyl sites for hydroxylation is 1. The van der Waals surface area contributed by atoms with E-state index in [1.165, 1.54) is 4.31 Å². The second-order valence-electron chi connectivity index (χ2n) is 8.31. The van der Waals surface area contributed by atoms with Gasteiger partial charge in [0, 0.05) is 18.5 Å². The topological polar surface area (TPSA) is 72.9 Å². The van der Waals surface area contributed by atoms with Crippen molar-refractivity contribution in [2.75, 3.05) is 6.54 Å². The van der Waals surface area contributed by atoms with Crippen molar-refractivity contribution in [1.29, 1.82) is 0 Å². The maximum absolute atomic E-state index is 13.5. The van der Waals surface area contributed by atoms with Crippen LogP contribution in [-0.2, 0) is 19.5 Å². The number of Topliss-reactive ketones (excluding diaryl/α,β-unsaturated/α-hetero) is 1. The summed E-state index contributed by atoms with van der Waals surface area (Å²) in [6.07, 6.45) is 0.506. The summed E-state index contributed by atoms with van der Waals surface area (Å²) in [5.74, 6) is -0.826. The lowest BCUT2D eigenvalue weighted by molar-refractivity contribution is -0.188. The van der Waals surface area contributed by atoms with Gasteiger partial charge >= 0.3 is 0 Å². The van der Waals surface area contributed by atoms with E-state index in [-0.39, 0.29) is 23.6 Å². The number of ether oxygens (including phenoxy) is 2. The zero-order valence-electron chi connectivity index (χ0n) is 18.2. The Bertz CT molecular complexity index is 1030. The van der Waals surface area contributed by atoms with Gasteiger partial charge in [-0.1, -0.05) is 61.9 Å². The molecule has 2 aromatic carbocycles. The zero-order valence-corrected chi connectivity index (χ0v) is 19.0. The van der Waals surface area contributed by atoms with Gasteiger partial charge in [-0.25, -0.2) is 8.42 Å². The van der Waals surface area contributed by atoms with Gasteiger partial charge in [0.25, 0.3) is 0 Å². The molecule has 166 valence electrons. The largest absolute Gasteiger partial charge is 0.343 e. The van der Waals surface area contributed by atoms with Gasteiger partial charge in [-0.05, 0) is 31.9 Å². The van der Waals surface area contributed by atoms with Crippen LogP contribution >= 0.6 is 0 Å². The normalized spacial score (nSPS) is 25.5. The first kappa shape index (κ1) is 22.1. The number of carbonyl (C=O) groups is 1. The highest BCUT2D eigenvalue weighted by Crippen LogP contribution is 2.43. The number of fused-ring (bicyclic) bond motifs is 1. The number of sulfonamides is 1. The van der Waals surface area contributed by atoms with Crippen LogP contribution in [0.25, 0.3) is 0 Å². The van der Waals surface area contributed by atoms with Gasteiger partial charge in [0.2, 0.25) is 10.0 Å². The van der Waals surface area contributed by atoms with E-state index in [1.54, 1.807) is 48.5 Å². The molecule has 0 bridgehead atoms. The fraction of sp³-hybridized carbons (Fsp3) is 0.458. The molecule has 0 aliphatic carbocycles. The third kappa shape index (κ3) is 4.07. The first-order valence-corrected chi connectivity index (χ1v) is 12.3.